The lowest BCUT2D eigenvalue weighted by molar-refractivity contribution is -0.114. The first kappa shape index (κ1) is 16.5. The van der Waals surface area contributed by atoms with Gasteiger partial charge in [-0.15, -0.1) is 0 Å². The lowest BCUT2D eigenvalue weighted by Crippen LogP contribution is -2.05. The summed E-state index contributed by atoms with van der Waals surface area (Å²) in [5.41, 5.74) is 0.806. The minimum atomic E-state index is -0.0539. The SMILES string of the molecule is CCCCCCCCCOc1ccc(NC(C)=O)cc1. The molecule has 1 N–H and O–H groups in total. The summed E-state index contributed by atoms with van der Waals surface area (Å²) >= 11 is 0. The highest BCUT2D eigenvalue weighted by atomic mass is 16.5. The Balaban J connectivity index is 2.08. The van der Waals surface area contributed by atoms with E-state index in [1.165, 1.54) is 45.4 Å². The summed E-state index contributed by atoms with van der Waals surface area (Å²) in [6.07, 6.45) is 9.04. The van der Waals surface area contributed by atoms with Crippen LogP contribution in [0.3, 0.4) is 0 Å². The van der Waals surface area contributed by atoms with E-state index in [2.05, 4.69) is 12.2 Å². The van der Waals surface area contributed by atoms with Crippen molar-refractivity contribution in [2.45, 2.75) is 58.8 Å². The molecule has 0 aliphatic carbocycles. The van der Waals surface area contributed by atoms with Gasteiger partial charge < -0.3 is 10.1 Å². The van der Waals surface area contributed by atoms with Crippen LogP contribution in [0.2, 0.25) is 0 Å². The Morgan fingerprint density at radius 2 is 1.60 bits per heavy atom. The van der Waals surface area contributed by atoms with Crippen molar-refractivity contribution in [3.05, 3.63) is 24.3 Å². The Kier molecular flexibility index (Phi) is 8.52. The number of unbranched alkanes of at least 4 members (excludes halogenated alkanes) is 6. The lowest BCUT2D eigenvalue weighted by Gasteiger charge is -2.07. The summed E-state index contributed by atoms with van der Waals surface area (Å²) in [4.78, 5) is 10.9. The molecule has 0 aromatic heterocycles. The van der Waals surface area contributed by atoms with Crippen LogP contribution >= 0.6 is 0 Å². The fourth-order valence-corrected chi connectivity index (χ4v) is 2.09. The average Bonchev–Trinajstić information content (AvgIpc) is 2.43. The number of ether oxygens (including phenoxy) is 1. The van der Waals surface area contributed by atoms with Gasteiger partial charge in [-0.1, -0.05) is 45.4 Å². The van der Waals surface area contributed by atoms with Crippen molar-refractivity contribution in [1.82, 2.24) is 0 Å². The van der Waals surface area contributed by atoms with Crippen molar-refractivity contribution in [1.29, 1.82) is 0 Å². The molecule has 0 spiro atoms. The average molecular weight is 277 g/mol. The zero-order valence-electron chi connectivity index (χ0n) is 12.8. The predicted octanol–water partition coefficient (Wildman–Crippen LogP) is 4.77. The number of anilines is 1. The number of carbonyl (C=O) groups is 1. The van der Waals surface area contributed by atoms with Gasteiger partial charge in [-0.2, -0.15) is 0 Å². The van der Waals surface area contributed by atoms with Gasteiger partial charge in [-0.05, 0) is 30.7 Å². The second kappa shape index (κ2) is 10.3. The highest BCUT2D eigenvalue weighted by Crippen LogP contribution is 2.16. The van der Waals surface area contributed by atoms with Crippen LogP contribution in [-0.2, 0) is 4.79 Å². The molecule has 0 bridgehead atoms. The van der Waals surface area contributed by atoms with E-state index in [0.717, 1.165) is 24.5 Å². The van der Waals surface area contributed by atoms with Crippen LogP contribution in [0, 0.1) is 0 Å². The van der Waals surface area contributed by atoms with Gasteiger partial charge in [-0.3, -0.25) is 4.79 Å². The van der Waals surface area contributed by atoms with Crippen LogP contribution in [0.5, 0.6) is 5.75 Å². The van der Waals surface area contributed by atoms with Gasteiger partial charge in [0.1, 0.15) is 5.75 Å². The molecule has 0 fully saturated rings. The molecule has 0 radical (unpaired) electrons. The van der Waals surface area contributed by atoms with Gasteiger partial charge in [0.15, 0.2) is 0 Å². The third-order valence-electron chi connectivity index (χ3n) is 3.19. The molecule has 1 amide bonds. The van der Waals surface area contributed by atoms with Gasteiger partial charge in [0.2, 0.25) is 5.91 Å². The molecule has 0 saturated heterocycles. The zero-order valence-corrected chi connectivity index (χ0v) is 12.8. The number of carbonyl (C=O) groups excluding carboxylic acids is 1. The summed E-state index contributed by atoms with van der Waals surface area (Å²) < 4.78 is 5.68. The molecule has 0 saturated carbocycles. The van der Waals surface area contributed by atoms with E-state index < -0.39 is 0 Å². The molecule has 20 heavy (non-hydrogen) atoms. The highest BCUT2D eigenvalue weighted by Gasteiger charge is 1.97. The molecule has 0 aliphatic rings. The maximum absolute atomic E-state index is 10.9. The normalized spacial score (nSPS) is 10.3. The van der Waals surface area contributed by atoms with Gasteiger partial charge in [0.05, 0.1) is 6.61 Å². The van der Waals surface area contributed by atoms with E-state index in [1.807, 2.05) is 24.3 Å². The summed E-state index contributed by atoms with van der Waals surface area (Å²) in [5.74, 6) is 0.812. The molecule has 0 atom stereocenters. The predicted molar refractivity (Wildman–Crippen MR) is 84.2 cm³/mol. The van der Waals surface area contributed by atoms with Gasteiger partial charge in [0.25, 0.3) is 0 Å². The fraction of sp³-hybridized carbons (Fsp3) is 0.588. The van der Waals surface area contributed by atoms with Gasteiger partial charge >= 0.3 is 0 Å². The minimum Gasteiger partial charge on any atom is -0.494 e. The molecule has 0 heterocycles. The number of hydrogen-bond donors (Lipinski definition) is 1. The van der Waals surface area contributed by atoms with Crippen molar-refractivity contribution < 1.29 is 9.53 Å². The standard InChI is InChI=1S/C17H27NO2/c1-3-4-5-6-7-8-9-14-20-17-12-10-16(11-13-17)18-15(2)19/h10-13H,3-9,14H2,1-2H3,(H,18,19). The number of amides is 1. The first-order valence-electron chi connectivity index (χ1n) is 7.73. The van der Waals surface area contributed by atoms with E-state index in [0.29, 0.717) is 0 Å². The largest absolute Gasteiger partial charge is 0.494 e. The third-order valence-corrected chi connectivity index (χ3v) is 3.19. The van der Waals surface area contributed by atoms with Crippen LogP contribution < -0.4 is 10.1 Å². The Morgan fingerprint density at radius 3 is 2.20 bits per heavy atom. The maximum Gasteiger partial charge on any atom is 0.221 e. The van der Waals surface area contributed by atoms with E-state index >= 15 is 0 Å². The van der Waals surface area contributed by atoms with Gasteiger partial charge in [0, 0.05) is 12.6 Å². The second-order valence-electron chi connectivity index (χ2n) is 5.18. The first-order valence-corrected chi connectivity index (χ1v) is 7.73. The Morgan fingerprint density at radius 1 is 1.00 bits per heavy atom. The summed E-state index contributed by atoms with van der Waals surface area (Å²) in [6.45, 7) is 4.52. The third kappa shape index (κ3) is 7.82. The van der Waals surface area contributed by atoms with Crippen molar-refractivity contribution in [3.63, 3.8) is 0 Å². The number of hydrogen-bond acceptors (Lipinski definition) is 2. The highest BCUT2D eigenvalue weighted by molar-refractivity contribution is 5.88. The Hall–Kier alpha value is -1.51. The smallest absolute Gasteiger partial charge is 0.221 e. The lowest BCUT2D eigenvalue weighted by atomic mass is 10.1. The maximum atomic E-state index is 10.9. The minimum absolute atomic E-state index is 0.0539. The fourth-order valence-electron chi connectivity index (χ4n) is 2.09. The monoisotopic (exact) mass is 277 g/mol. The number of nitrogens with one attached hydrogen (secondary N) is 1. The molecule has 112 valence electrons. The van der Waals surface area contributed by atoms with Crippen LogP contribution in [0.1, 0.15) is 58.8 Å². The van der Waals surface area contributed by atoms with Crippen LogP contribution in [0.4, 0.5) is 5.69 Å². The summed E-state index contributed by atoms with van der Waals surface area (Å²) in [5, 5.41) is 2.74. The molecule has 1 aromatic carbocycles. The topological polar surface area (TPSA) is 38.3 Å². The van der Waals surface area contributed by atoms with Crippen LogP contribution in [0.25, 0.3) is 0 Å². The molecule has 3 nitrogen and oxygen atoms in total. The molecular weight excluding hydrogens is 250 g/mol. The molecule has 3 heteroatoms. The molecule has 0 unspecified atom stereocenters. The van der Waals surface area contributed by atoms with Crippen LogP contribution in [-0.4, -0.2) is 12.5 Å². The van der Waals surface area contributed by atoms with Crippen molar-refractivity contribution >= 4 is 11.6 Å². The molecule has 1 aromatic rings. The van der Waals surface area contributed by atoms with Crippen LogP contribution in [0.15, 0.2) is 24.3 Å². The van der Waals surface area contributed by atoms with E-state index in [4.69, 9.17) is 4.74 Å². The zero-order chi connectivity index (χ0) is 14.6. The van der Waals surface area contributed by atoms with E-state index in [-0.39, 0.29) is 5.91 Å². The molecular formula is C17H27NO2. The number of benzene rings is 1. The van der Waals surface area contributed by atoms with Crippen molar-refractivity contribution in [2.75, 3.05) is 11.9 Å². The summed E-state index contributed by atoms with van der Waals surface area (Å²) in [6, 6.07) is 7.52. The Bertz CT molecular complexity index is 373. The van der Waals surface area contributed by atoms with E-state index in [1.54, 1.807) is 0 Å². The second-order valence-corrected chi connectivity index (χ2v) is 5.18. The summed E-state index contributed by atoms with van der Waals surface area (Å²) in [7, 11) is 0. The molecule has 0 aliphatic heterocycles. The quantitative estimate of drug-likeness (QED) is 0.625. The van der Waals surface area contributed by atoms with E-state index in [9.17, 15) is 4.79 Å². The van der Waals surface area contributed by atoms with Gasteiger partial charge in [-0.25, -0.2) is 0 Å². The first-order chi connectivity index (χ1) is 9.72. The number of rotatable bonds is 10. The van der Waals surface area contributed by atoms with Crippen molar-refractivity contribution in [3.8, 4) is 5.75 Å². The van der Waals surface area contributed by atoms with Crippen molar-refractivity contribution in [2.24, 2.45) is 0 Å². The Labute approximate surface area is 122 Å². The molecule has 1 rings (SSSR count).